The minimum Gasteiger partial charge on any atom is -0.378 e. The molecule has 0 spiro atoms. The van der Waals surface area contributed by atoms with Gasteiger partial charge in [-0.05, 0) is 91.8 Å². The van der Waals surface area contributed by atoms with Crippen molar-refractivity contribution in [3.05, 3.63) is 0 Å². The Hall–Kier alpha value is 0.0249. The van der Waals surface area contributed by atoms with Gasteiger partial charge in [-0.15, -0.1) is 0 Å². The van der Waals surface area contributed by atoms with E-state index in [4.69, 9.17) is 4.74 Å². The maximum absolute atomic E-state index is 5.81. The molecule has 2 fully saturated rings. The molecule has 1 aliphatic carbocycles. The van der Waals surface area contributed by atoms with Crippen LogP contribution in [0, 0.1) is 53.3 Å². The quantitative estimate of drug-likeness (QED) is 0.375. The molecule has 2 atom stereocenters. The molecule has 0 bridgehead atoms. The van der Waals surface area contributed by atoms with Crippen molar-refractivity contribution in [2.75, 3.05) is 6.61 Å². The minimum absolute atomic E-state index is 0. The van der Waals surface area contributed by atoms with Gasteiger partial charge in [0.25, 0.3) is 0 Å². The van der Waals surface area contributed by atoms with Crippen LogP contribution in [0.4, 0.5) is 0 Å². The molecule has 0 unspecified atom stereocenters. The van der Waals surface area contributed by atoms with Crippen molar-refractivity contribution < 1.29 is 4.74 Å². The van der Waals surface area contributed by atoms with E-state index >= 15 is 0 Å². The maximum atomic E-state index is 5.81. The van der Waals surface area contributed by atoms with Gasteiger partial charge >= 0.3 is 0 Å². The van der Waals surface area contributed by atoms with Gasteiger partial charge in [-0.2, -0.15) is 0 Å². The third-order valence-corrected chi connectivity index (χ3v) is 6.73. The van der Waals surface area contributed by atoms with E-state index in [1.807, 2.05) is 0 Å². The van der Waals surface area contributed by atoms with Gasteiger partial charge in [-0.25, -0.2) is 0 Å². The van der Waals surface area contributed by atoms with Crippen LogP contribution in [0.5, 0.6) is 0 Å². The Kier molecular flexibility index (Phi) is 24.3. The third-order valence-electron chi connectivity index (χ3n) is 6.73. The lowest BCUT2D eigenvalue weighted by molar-refractivity contribution is -0.0496. The second-order valence-corrected chi connectivity index (χ2v) is 13.3. The second kappa shape index (κ2) is 21.3. The van der Waals surface area contributed by atoms with E-state index in [0.29, 0.717) is 12.0 Å². The molecule has 0 aromatic carbocycles. The minimum atomic E-state index is 0. The topological polar surface area (TPSA) is 9.23 Å². The lowest BCUT2D eigenvalue weighted by atomic mass is 9.73. The van der Waals surface area contributed by atoms with E-state index in [2.05, 4.69) is 96.9 Å². The fraction of sp³-hybridized carbons (Fsp3) is 1.00. The van der Waals surface area contributed by atoms with Crippen LogP contribution in [0.3, 0.4) is 0 Å². The summed E-state index contributed by atoms with van der Waals surface area (Å²) >= 11 is 0. The molecule has 0 N–H and O–H groups in total. The van der Waals surface area contributed by atoms with Crippen LogP contribution in [0.2, 0.25) is 0 Å². The van der Waals surface area contributed by atoms with Crippen LogP contribution in [0.25, 0.3) is 0 Å². The van der Waals surface area contributed by atoms with Gasteiger partial charge in [0.2, 0.25) is 0 Å². The molecule has 0 aromatic rings. The lowest BCUT2D eigenvalue weighted by Gasteiger charge is -2.33. The number of hydrogen-bond donors (Lipinski definition) is 0. The highest BCUT2D eigenvalue weighted by molar-refractivity contribution is 5.75. The number of hydrogen-bond acceptors (Lipinski definition) is 1. The molecular weight excluding hydrogens is 399 g/mol. The molecule has 1 aliphatic heterocycles. The van der Waals surface area contributed by atoms with Crippen LogP contribution in [-0.2, 0) is 4.74 Å². The van der Waals surface area contributed by atoms with Crippen molar-refractivity contribution in [2.24, 2.45) is 53.3 Å². The molecule has 1 heterocycles. The van der Waals surface area contributed by atoms with Crippen molar-refractivity contribution in [3.63, 3.8) is 0 Å². The Morgan fingerprint density at radius 2 is 0.697 bits per heavy atom. The summed E-state index contributed by atoms with van der Waals surface area (Å²) in [6.45, 7) is 32.6. The molecule has 0 aromatic heterocycles. The highest BCUT2D eigenvalue weighted by Crippen LogP contribution is 2.36. The Morgan fingerprint density at radius 3 is 0.879 bits per heavy atom. The zero-order valence-electron chi connectivity index (χ0n) is 25.7. The lowest BCUT2D eigenvalue weighted by Crippen LogP contribution is -2.31. The average Bonchev–Trinajstić information content (AvgIpc) is 2.67. The zero-order valence-corrected chi connectivity index (χ0v) is 25.7. The molecule has 1 nitrogen and oxygen atoms in total. The first-order chi connectivity index (χ1) is 14.7. The van der Waals surface area contributed by atoms with Crippen molar-refractivity contribution in [1.82, 2.24) is 0 Å². The maximum Gasteiger partial charge on any atom is 0.0598 e. The molecular formula is C31H66BO. The zero-order chi connectivity index (χ0) is 25.4. The van der Waals surface area contributed by atoms with Crippen LogP contribution < -0.4 is 0 Å². The van der Waals surface area contributed by atoms with Gasteiger partial charge in [-0.3, -0.25) is 0 Å². The van der Waals surface area contributed by atoms with Crippen LogP contribution in [-0.4, -0.2) is 21.1 Å². The van der Waals surface area contributed by atoms with Crippen LogP contribution in [0.15, 0.2) is 0 Å². The van der Waals surface area contributed by atoms with Crippen LogP contribution >= 0.6 is 0 Å². The summed E-state index contributed by atoms with van der Waals surface area (Å²) in [6, 6.07) is 0. The van der Waals surface area contributed by atoms with Gasteiger partial charge < -0.3 is 4.74 Å². The molecule has 33 heavy (non-hydrogen) atoms. The first-order valence-corrected chi connectivity index (χ1v) is 14.3. The van der Waals surface area contributed by atoms with E-state index in [1.54, 1.807) is 0 Å². The van der Waals surface area contributed by atoms with E-state index in [9.17, 15) is 0 Å². The number of rotatable bonds is 4. The second-order valence-electron chi connectivity index (χ2n) is 13.3. The van der Waals surface area contributed by atoms with Crippen molar-refractivity contribution >= 4 is 8.41 Å². The standard InChI is InChI=1S/C12H24.C11H22O.2C4H10.B/c1-9(2)11-5-7-12(8-6-11)10(3)4;1-8(2)10-5-6-11(9(3)4)12-7-10;2*1-4(2)3;/h9-12H,5-8H2,1-4H3;8-11H,5-7H2,1-4H3;2*4H,1-3H3;/t;10-,11+;;;/m.1.../s1. The van der Waals surface area contributed by atoms with E-state index < -0.39 is 0 Å². The third kappa shape index (κ3) is 22.2. The average molecular weight is 466 g/mol. The van der Waals surface area contributed by atoms with E-state index in [0.717, 1.165) is 54.0 Å². The van der Waals surface area contributed by atoms with Gasteiger partial charge in [0.15, 0.2) is 0 Å². The summed E-state index contributed by atoms with van der Waals surface area (Å²) < 4.78 is 5.81. The molecule has 2 rings (SSSR count). The molecule has 0 amide bonds. The molecule has 2 aliphatic rings. The first kappa shape index (κ1) is 37.6. The van der Waals surface area contributed by atoms with E-state index in [1.165, 1.54) is 38.5 Å². The normalized spacial score (nSPS) is 25.1. The fourth-order valence-electron chi connectivity index (χ4n) is 4.32. The monoisotopic (exact) mass is 466 g/mol. The number of ether oxygens (including phenoxy) is 1. The Balaban J connectivity index is -0.000000405. The first-order valence-electron chi connectivity index (χ1n) is 14.3. The highest BCUT2D eigenvalue weighted by Gasteiger charge is 2.25. The molecule has 1 saturated carbocycles. The van der Waals surface area contributed by atoms with Gasteiger partial charge in [0, 0.05) is 8.41 Å². The Morgan fingerprint density at radius 1 is 0.424 bits per heavy atom. The van der Waals surface area contributed by atoms with Crippen molar-refractivity contribution in [3.8, 4) is 0 Å². The Bertz CT molecular complexity index is 308. The smallest absolute Gasteiger partial charge is 0.0598 e. The molecule has 199 valence electrons. The molecule has 1 saturated heterocycles. The predicted octanol–water partition coefficient (Wildman–Crippen LogP) is 10.1. The summed E-state index contributed by atoms with van der Waals surface area (Å²) in [4.78, 5) is 0. The summed E-state index contributed by atoms with van der Waals surface area (Å²) in [7, 11) is 0. The van der Waals surface area contributed by atoms with E-state index in [-0.39, 0.29) is 8.41 Å². The van der Waals surface area contributed by atoms with Crippen LogP contribution in [0.1, 0.15) is 135 Å². The highest BCUT2D eigenvalue weighted by atomic mass is 16.5. The van der Waals surface area contributed by atoms with Gasteiger partial charge in [-0.1, -0.05) is 96.9 Å². The Labute approximate surface area is 214 Å². The molecule has 2 heteroatoms. The molecule has 3 radical (unpaired) electrons. The van der Waals surface area contributed by atoms with Gasteiger partial charge in [0.05, 0.1) is 12.7 Å². The summed E-state index contributed by atoms with van der Waals surface area (Å²) in [5.41, 5.74) is 0. The largest absolute Gasteiger partial charge is 0.378 e. The SMILES string of the molecule is CC(C)C.CC(C)C.CC(C)C1CCC(C(C)C)CC1.CC(C)[C@@H]1CC[C@@H](C(C)C)OC1.[B]. The van der Waals surface area contributed by atoms with Crippen molar-refractivity contribution in [1.29, 1.82) is 0 Å². The summed E-state index contributed by atoms with van der Waals surface area (Å²) in [6.07, 6.45) is 9.10. The van der Waals surface area contributed by atoms with Crippen molar-refractivity contribution in [2.45, 2.75) is 142 Å². The summed E-state index contributed by atoms with van der Waals surface area (Å²) in [5.74, 6) is 7.84. The summed E-state index contributed by atoms with van der Waals surface area (Å²) in [5, 5.41) is 0. The predicted molar refractivity (Wildman–Crippen MR) is 154 cm³/mol. The van der Waals surface area contributed by atoms with Gasteiger partial charge in [0.1, 0.15) is 0 Å². The fourth-order valence-corrected chi connectivity index (χ4v) is 4.32.